The molecule has 0 aliphatic carbocycles. The van der Waals surface area contributed by atoms with Crippen LogP contribution >= 0.6 is 15.9 Å². The number of nitrogens with zero attached hydrogens (tertiary/aromatic N) is 2. The lowest BCUT2D eigenvalue weighted by molar-refractivity contribution is 0.481. The quantitative estimate of drug-likeness (QED) is 0.767. The van der Waals surface area contributed by atoms with E-state index >= 15 is 0 Å². The summed E-state index contributed by atoms with van der Waals surface area (Å²) in [7, 11) is 0. The Kier molecular flexibility index (Phi) is 2.47. The average molecular weight is 251 g/mol. The predicted octanol–water partition coefficient (Wildman–Crippen LogP) is 2.92. The number of hydrogen-bond acceptors (Lipinski definition) is 2. The van der Waals surface area contributed by atoms with E-state index in [0.29, 0.717) is 11.6 Å². The van der Waals surface area contributed by atoms with E-state index < -0.39 is 0 Å². The van der Waals surface area contributed by atoms with Crippen molar-refractivity contribution in [3.63, 3.8) is 0 Å². The lowest BCUT2D eigenvalue weighted by atomic mass is 10.0. The molecule has 1 aliphatic rings. The fraction of sp³-hybridized carbons (Fsp3) is 0.364. The lowest BCUT2D eigenvalue weighted by Crippen LogP contribution is -2.45. The van der Waals surface area contributed by atoms with Crippen molar-refractivity contribution in [1.82, 2.24) is 0 Å². The summed E-state index contributed by atoms with van der Waals surface area (Å²) >= 11 is 3.40. The SMILES string of the molecule is CC1CCN1c1ccc(C#N)c(Br)c1. The molecule has 1 aromatic carbocycles. The summed E-state index contributed by atoms with van der Waals surface area (Å²) in [5.74, 6) is 0. The smallest absolute Gasteiger partial charge is 0.100 e. The maximum Gasteiger partial charge on any atom is 0.100 e. The van der Waals surface area contributed by atoms with Crippen LogP contribution < -0.4 is 4.90 Å². The highest BCUT2D eigenvalue weighted by atomic mass is 79.9. The molecule has 0 aromatic heterocycles. The van der Waals surface area contributed by atoms with Crippen molar-refractivity contribution in [3.05, 3.63) is 28.2 Å². The molecule has 0 amide bonds. The van der Waals surface area contributed by atoms with Crippen LogP contribution in [0.3, 0.4) is 0 Å². The van der Waals surface area contributed by atoms with Crippen molar-refractivity contribution in [3.8, 4) is 6.07 Å². The molecule has 72 valence electrons. The van der Waals surface area contributed by atoms with Gasteiger partial charge in [-0.15, -0.1) is 0 Å². The van der Waals surface area contributed by atoms with Crippen molar-refractivity contribution in [1.29, 1.82) is 5.26 Å². The topological polar surface area (TPSA) is 27.0 Å². The molecule has 0 spiro atoms. The van der Waals surface area contributed by atoms with Crippen LogP contribution in [0, 0.1) is 11.3 Å². The minimum atomic E-state index is 0.634. The molecule has 1 saturated heterocycles. The second-order valence-electron chi connectivity index (χ2n) is 3.61. The predicted molar refractivity (Wildman–Crippen MR) is 60.3 cm³/mol. The number of benzene rings is 1. The van der Waals surface area contributed by atoms with Crippen LogP contribution in [0.25, 0.3) is 0 Å². The minimum absolute atomic E-state index is 0.634. The van der Waals surface area contributed by atoms with Gasteiger partial charge in [-0.3, -0.25) is 0 Å². The van der Waals surface area contributed by atoms with Gasteiger partial charge < -0.3 is 4.90 Å². The molecule has 1 aromatic rings. The third-order valence-corrected chi connectivity index (χ3v) is 3.38. The summed E-state index contributed by atoms with van der Waals surface area (Å²) in [5, 5.41) is 8.78. The van der Waals surface area contributed by atoms with Crippen LogP contribution in [0.1, 0.15) is 18.9 Å². The van der Waals surface area contributed by atoms with E-state index in [4.69, 9.17) is 5.26 Å². The minimum Gasteiger partial charge on any atom is -0.369 e. The largest absolute Gasteiger partial charge is 0.369 e. The molecule has 0 N–H and O–H groups in total. The summed E-state index contributed by atoms with van der Waals surface area (Å²) in [6.45, 7) is 3.34. The number of rotatable bonds is 1. The van der Waals surface area contributed by atoms with Gasteiger partial charge in [-0.2, -0.15) is 5.26 Å². The van der Waals surface area contributed by atoms with Crippen LogP contribution in [-0.2, 0) is 0 Å². The molecular formula is C11H11BrN2. The van der Waals surface area contributed by atoms with E-state index in [1.54, 1.807) is 0 Å². The fourth-order valence-corrected chi connectivity index (χ4v) is 2.13. The van der Waals surface area contributed by atoms with E-state index in [2.05, 4.69) is 33.8 Å². The van der Waals surface area contributed by atoms with Crippen molar-refractivity contribution in [2.45, 2.75) is 19.4 Å². The second kappa shape index (κ2) is 3.62. The molecule has 1 atom stereocenters. The van der Waals surface area contributed by atoms with Crippen molar-refractivity contribution in [2.75, 3.05) is 11.4 Å². The monoisotopic (exact) mass is 250 g/mol. The first kappa shape index (κ1) is 9.54. The Labute approximate surface area is 92.3 Å². The zero-order valence-electron chi connectivity index (χ0n) is 8.00. The normalized spacial score (nSPS) is 20.1. The first-order valence-corrected chi connectivity index (χ1v) is 5.48. The Morgan fingerprint density at radius 2 is 2.36 bits per heavy atom. The summed E-state index contributed by atoms with van der Waals surface area (Å²) in [6, 6.07) is 8.68. The maximum atomic E-state index is 8.78. The summed E-state index contributed by atoms with van der Waals surface area (Å²) < 4.78 is 0.886. The van der Waals surface area contributed by atoms with Crippen LogP contribution in [0.2, 0.25) is 0 Å². The Balaban J connectivity index is 2.29. The van der Waals surface area contributed by atoms with E-state index in [1.807, 2.05) is 18.2 Å². The number of nitriles is 1. The standard InChI is InChI=1S/C11H11BrN2/c1-8-4-5-14(8)10-3-2-9(7-13)11(12)6-10/h2-3,6,8H,4-5H2,1H3. The molecule has 1 aliphatic heterocycles. The van der Waals surface area contributed by atoms with Crippen LogP contribution in [0.15, 0.2) is 22.7 Å². The first-order valence-electron chi connectivity index (χ1n) is 4.68. The van der Waals surface area contributed by atoms with Gasteiger partial charge in [0.2, 0.25) is 0 Å². The Bertz CT molecular complexity index is 395. The third kappa shape index (κ3) is 1.51. The molecule has 0 radical (unpaired) electrons. The average Bonchev–Trinajstić information content (AvgIpc) is 2.16. The molecule has 3 heteroatoms. The van der Waals surface area contributed by atoms with Gasteiger partial charge >= 0.3 is 0 Å². The molecule has 1 fully saturated rings. The molecule has 0 bridgehead atoms. The molecule has 2 rings (SSSR count). The van der Waals surface area contributed by atoms with E-state index in [1.165, 1.54) is 12.1 Å². The highest BCUT2D eigenvalue weighted by molar-refractivity contribution is 9.10. The molecular weight excluding hydrogens is 240 g/mol. The van der Waals surface area contributed by atoms with E-state index in [0.717, 1.165) is 11.0 Å². The third-order valence-electron chi connectivity index (χ3n) is 2.72. The number of anilines is 1. The van der Waals surface area contributed by atoms with Crippen molar-refractivity contribution in [2.24, 2.45) is 0 Å². The van der Waals surface area contributed by atoms with Crippen LogP contribution in [0.5, 0.6) is 0 Å². The fourth-order valence-electron chi connectivity index (χ4n) is 1.67. The summed E-state index contributed by atoms with van der Waals surface area (Å²) in [5.41, 5.74) is 1.90. The molecule has 0 saturated carbocycles. The zero-order valence-corrected chi connectivity index (χ0v) is 9.58. The van der Waals surface area contributed by atoms with Crippen molar-refractivity contribution < 1.29 is 0 Å². The second-order valence-corrected chi connectivity index (χ2v) is 4.46. The van der Waals surface area contributed by atoms with Crippen molar-refractivity contribution >= 4 is 21.6 Å². The Morgan fingerprint density at radius 3 is 2.79 bits per heavy atom. The number of hydrogen-bond donors (Lipinski definition) is 0. The lowest BCUT2D eigenvalue weighted by Gasteiger charge is -2.40. The highest BCUT2D eigenvalue weighted by Crippen LogP contribution is 2.29. The molecule has 1 heterocycles. The van der Waals surface area contributed by atoms with Gasteiger partial charge in [-0.05, 0) is 47.5 Å². The Morgan fingerprint density at radius 1 is 1.57 bits per heavy atom. The van der Waals surface area contributed by atoms with Gasteiger partial charge in [0, 0.05) is 22.7 Å². The van der Waals surface area contributed by atoms with Gasteiger partial charge in [0.25, 0.3) is 0 Å². The van der Waals surface area contributed by atoms with Gasteiger partial charge in [0.15, 0.2) is 0 Å². The number of halogens is 1. The van der Waals surface area contributed by atoms with Gasteiger partial charge in [-0.25, -0.2) is 0 Å². The summed E-state index contributed by atoms with van der Waals surface area (Å²) in [4.78, 5) is 2.34. The van der Waals surface area contributed by atoms with Gasteiger partial charge in [0.05, 0.1) is 5.56 Å². The van der Waals surface area contributed by atoms with E-state index in [9.17, 15) is 0 Å². The van der Waals surface area contributed by atoms with Crippen LogP contribution in [-0.4, -0.2) is 12.6 Å². The molecule has 1 unspecified atom stereocenters. The summed E-state index contributed by atoms with van der Waals surface area (Å²) in [6.07, 6.45) is 1.26. The molecule has 14 heavy (non-hydrogen) atoms. The van der Waals surface area contributed by atoms with Gasteiger partial charge in [-0.1, -0.05) is 0 Å². The van der Waals surface area contributed by atoms with E-state index in [-0.39, 0.29) is 0 Å². The van der Waals surface area contributed by atoms with Gasteiger partial charge in [0.1, 0.15) is 6.07 Å². The molecule has 2 nitrogen and oxygen atoms in total. The maximum absolute atomic E-state index is 8.78. The first-order chi connectivity index (χ1) is 6.72. The Hall–Kier alpha value is -1.01. The highest BCUT2D eigenvalue weighted by Gasteiger charge is 2.23. The van der Waals surface area contributed by atoms with Crippen LogP contribution in [0.4, 0.5) is 5.69 Å². The zero-order chi connectivity index (χ0) is 10.1.